The number of rotatable bonds is 2. The predicted octanol–water partition coefficient (Wildman–Crippen LogP) is 4.13. The van der Waals surface area contributed by atoms with Crippen LogP contribution in [0.15, 0.2) is 12.1 Å². The maximum atomic E-state index is 13.7. The Bertz CT molecular complexity index is 431. The minimum absolute atomic E-state index is 0.0908. The van der Waals surface area contributed by atoms with E-state index >= 15 is 0 Å². The standard InChI is InChI=1S/C15H20F2O/c1-9-4-3-5-11(6-9)15(18)12-7-10(2)13(16)8-14(12)17/h7-9,11,15,18H,3-6H2,1-2H3. The molecule has 0 saturated heterocycles. The highest BCUT2D eigenvalue weighted by Crippen LogP contribution is 2.38. The van der Waals surface area contributed by atoms with Crippen LogP contribution in [0.4, 0.5) is 8.78 Å². The Morgan fingerprint density at radius 1 is 1.22 bits per heavy atom. The van der Waals surface area contributed by atoms with E-state index in [1.54, 1.807) is 6.92 Å². The van der Waals surface area contributed by atoms with Crippen molar-refractivity contribution in [3.63, 3.8) is 0 Å². The second kappa shape index (κ2) is 5.35. The van der Waals surface area contributed by atoms with Crippen molar-refractivity contribution in [1.29, 1.82) is 0 Å². The smallest absolute Gasteiger partial charge is 0.131 e. The number of halogens is 2. The van der Waals surface area contributed by atoms with Gasteiger partial charge < -0.3 is 5.11 Å². The molecule has 1 saturated carbocycles. The molecule has 2 rings (SSSR count). The van der Waals surface area contributed by atoms with Gasteiger partial charge in [0, 0.05) is 11.6 Å². The second-order valence-corrected chi connectivity index (χ2v) is 5.60. The fraction of sp³-hybridized carbons (Fsp3) is 0.600. The largest absolute Gasteiger partial charge is 0.388 e. The lowest BCUT2D eigenvalue weighted by molar-refractivity contribution is 0.0684. The van der Waals surface area contributed by atoms with Crippen LogP contribution >= 0.6 is 0 Å². The van der Waals surface area contributed by atoms with Gasteiger partial charge in [-0.1, -0.05) is 19.8 Å². The zero-order valence-electron chi connectivity index (χ0n) is 10.9. The lowest BCUT2D eigenvalue weighted by Crippen LogP contribution is -2.21. The summed E-state index contributed by atoms with van der Waals surface area (Å²) in [6.07, 6.45) is 3.27. The zero-order valence-corrected chi connectivity index (χ0v) is 10.9. The molecule has 0 amide bonds. The van der Waals surface area contributed by atoms with Crippen LogP contribution in [-0.4, -0.2) is 5.11 Å². The molecule has 1 N–H and O–H groups in total. The van der Waals surface area contributed by atoms with Crippen LogP contribution in [0.5, 0.6) is 0 Å². The molecule has 100 valence electrons. The van der Waals surface area contributed by atoms with E-state index in [9.17, 15) is 13.9 Å². The lowest BCUT2D eigenvalue weighted by Gasteiger charge is -2.30. The third-order valence-electron chi connectivity index (χ3n) is 4.02. The first kappa shape index (κ1) is 13.5. The van der Waals surface area contributed by atoms with E-state index in [1.807, 2.05) is 0 Å². The molecule has 1 fully saturated rings. The van der Waals surface area contributed by atoms with Crippen LogP contribution in [0.2, 0.25) is 0 Å². The van der Waals surface area contributed by atoms with E-state index in [2.05, 4.69) is 6.92 Å². The van der Waals surface area contributed by atoms with Gasteiger partial charge in [0.25, 0.3) is 0 Å². The summed E-state index contributed by atoms with van der Waals surface area (Å²) in [6.45, 7) is 3.75. The zero-order chi connectivity index (χ0) is 13.3. The van der Waals surface area contributed by atoms with Crippen molar-refractivity contribution in [1.82, 2.24) is 0 Å². The van der Waals surface area contributed by atoms with Gasteiger partial charge in [-0.15, -0.1) is 0 Å². The molecule has 1 aromatic rings. The third-order valence-corrected chi connectivity index (χ3v) is 4.02. The fourth-order valence-electron chi connectivity index (χ4n) is 2.93. The minimum atomic E-state index is -0.813. The molecule has 0 aliphatic heterocycles. The Kier molecular flexibility index (Phi) is 4.00. The first-order valence-electron chi connectivity index (χ1n) is 6.62. The van der Waals surface area contributed by atoms with Crippen molar-refractivity contribution < 1.29 is 13.9 Å². The fourth-order valence-corrected chi connectivity index (χ4v) is 2.93. The average Bonchev–Trinajstić information content (AvgIpc) is 2.33. The van der Waals surface area contributed by atoms with Gasteiger partial charge in [0.05, 0.1) is 6.10 Å². The first-order valence-corrected chi connectivity index (χ1v) is 6.62. The normalized spacial score (nSPS) is 26.1. The van der Waals surface area contributed by atoms with Crippen LogP contribution in [-0.2, 0) is 0 Å². The molecule has 0 heterocycles. The molecule has 3 heteroatoms. The van der Waals surface area contributed by atoms with Crippen LogP contribution in [0.25, 0.3) is 0 Å². The van der Waals surface area contributed by atoms with E-state index < -0.39 is 17.7 Å². The molecule has 18 heavy (non-hydrogen) atoms. The monoisotopic (exact) mass is 254 g/mol. The van der Waals surface area contributed by atoms with Gasteiger partial charge in [0.2, 0.25) is 0 Å². The van der Waals surface area contributed by atoms with E-state index in [0.717, 1.165) is 25.3 Å². The van der Waals surface area contributed by atoms with Crippen molar-refractivity contribution in [3.05, 3.63) is 34.9 Å². The van der Waals surface area contributed by atoms with Crippen LogP contribution in [0, 0.1) is 30.4 Å². The van der Waals surface area contributed by atoms with Crippen LogP contribution in [0.3, 0.4) is 0 Å². The van der Waals surface area contributed by atoms with Gasteiger partial charge in [0.15, 0.2) is 0 Å². The molecular weight excluding hydrogens is 234 g/mol. The minimum Gasteiger partial charge on any atom is -0.388 e. The summed E-state index contributed by atoms with van der Waals surface area (Å²) in [5.41, 5.74) is 0.627. The summed E-state index contributed by atoms with van der Waals surface area (Å²) in [5.74, 6) is -0.527. The Morgan fingerprint density at radius 3 is 2.61 bits per heavy atom. The summed E-state index contributed by atoms with van der Waals surface area (Å²) in [7, 11) is 0. The summed E-state index contributed by atoms with van der Waals surface area (Å²) in [5, 5.41) is 10.3. The molecule has 1 aromatic carbocycles. The number of benzene rings is 1. The van der Waals surface area contributed by atoms with Crippen molar-refractivity contribution in [2.24, 2.45) is 11.8 Å². The molecule has 1 aliphatic carbocycles. The maximum absolute atomic E-state index is 13.7. The quantitative estimate of drug-likeness (QED) is 0.841. The highest BCUT2D eigenvalue weighted by atomic mass is 19.1. The van der Waals surface area contributed by atoms with Gasteiger partial charge in [-0.05, 0) is 43.2 Å². The first-order chi connectivity index (χ1) is 8.49. The van der Waals surface area contributed by atoms with E-state index in [0.29, 0.717) is 11.5 Å². The van der Waals surface area contributed by atoms with Crippen molar-refractivity contribution in [3.8, 4) is 0 Å². The third kappa shape index (κ3) is 2.72. The topological polar surface area (TPSA) is 20.2 Å². The molecule has 0 radical (unpaired) electrons. The van der Waals surface area contributed by atoms with Gasteiger partial charge in [-0.25, -0.2) is 8.78 Å². The molecule has 0 bridgehead atoms. The van der Waals surface area contributed by atoms with Crippen molar-refractivity contribution >= 4 is 0 Å². The SMILES string of the molecule is Cc1cc(C(O)C2CCCC(C)C2)c(F)cc1F. The van der Waals surface area contributed by atoms with Crippen molar-refractivity contribution in [2.45, 2.75) is 45.6 Å². The van der Waals surface area contributed by atoms with Gasteiger partial charge in [-0.3, -0.25) is 0 Å². The molecule has 3 atom stereocenters. The number of aryl methyl sites for hydroxylation is 1. The van der Waals surface area contributed by atoms with Crippen LogP contribution < -0.4 is 0 Å². The Hall–Kier alpha value is -0.960. The highest BCUT2D eigenvalue weighted by Gasteiger charge is 2.28. The molecule has 0 spiro atoms. The van der Waals surface area contributed by atoms with E-state index in [1.165, 1.54) is 12.5 Å². The number of hydrogen-bond donors (Lipinski definition) is 1. The van der Waals surface area contributed by atoms with Gasteiger partial charge in [0.1, 0.15) is 11.6 Å². The maximum Gasteiger partial charge on any atom is 0.131 e. The molecular formula is C15H20F2O. The summed E-state index contributed by atoms with van der Waals surface area (Å²) >= 11 is 0. The molecule has 1 aliphatic rings. The summed E-state index contributed by atoms with van der Waals surface area (Å²) in [4.78, 5) is 0. The Balaban J connectivity index is 2.22. The average molecular weight is 254 g/mol. The second-order valence-electron chi connectivity index (χ2n) is 5.60. The number of hydrogen-bond acceptors (Lipinski definition) is 1. The Morgan fingerprint density at radius 2 is 1.94 bits per heavy atom. The van der Waals surface area contributed by atoms with Gasteiger partial charge in [-0.2, -0.15) is 0 Å². The lowest BCUT2D eigenvalue weighted by atomic mass is 9.77. The van der Waals surface area contributed by atoms with Crippen LogP contribution in [0.1, 0.15) is 49.8 Å². The highest BCUT2D eigenvalue weighted by molar-refractivity contribution is 5.27. The van der Waals surface area contributed by atoms with Gasteiger partial charge >= 0.3 is 0 Å². The molecule has 3 unspecified atom stereocenters. The molecule has 1 nitrogen and oxygen atoms in total. The summed E-state index contributed by atoms with van der Waals surface area (Å²) in [6, 6.07) is 2.31. The van der Waals surface area contributed by atoms with E-state index in [4.69, 9.17) is 0 Å². The molecule has 0 aromatic heterocycles. The summed E-state index contributed by atoms with van der Waals surface area (Å²) < 4.78 is 26.9. The predicted molar refractivity (Wildman–Crippen MR) is 67.2 cm³/mol. The Labute approximate surface area is 107 Å². The number of aliphatic hydroxyl groups is 1. The van der Waals surface area contributed by atoms with E-state index in [-0.39, 0.29) is 11.5 Å². The van der Waals surface area contributed by atoms with Crippen molar-refractivity contribution in [2.75, 3.05) is 0 Å². The number of aliphatic hydroxyl groups excluding tert-OH is 1.